The van der Waals surface area contributed by atoms with Gasteiger partial charge in [-0.3, -0.25) is 9.69 Å². The van der Waals surface area contributed by atoms with Crippen LogP contribution in [-0.2, 0) is 16.0 Å². The molecule has 0 saturated carbocycles. The normalized spacial score (nSPS) is 19.4. The van der Waals surface area contributed by atoms with E-state index in [1.165, 1.54) is 0 Å². The van der Waals surface area contributed by atoms with E-state index < -0.39 is 5.97 Å². The number of carbonyl (C=O) groups is 1. The number of rotatable bonds is 7. The first kappa shape index (κ1) is 15.8. The van der Waals surface area contributed by atoms with E-state index >= 15 is 0 Å². The highest BCUT2D eigenvalue weighted by molar-refractivity contribution is 5.70. The molecule has 1 N–H and O–H groups in total. The Morgan fingerprint density at radius 1 is 1.43 bits per heavy atom. The molecule has 5 nitrogen and oxygen atoms in total. The number of carboxylic acids is 1. The monoisotopic (exact) mass is 293 g/mol. The molecule has 5 heteroatoms. The molecule has 0 aliphatic carbocycles. The first-order valence-corrected chi connectivity index (χ1v) is 7.45. The number of nitrogens with zero attached hydrogens (tertiary/aromatic N) is 1. The van der Waals surface area contributed by atoms with Crippen molar-refractivity contribution < 1.29 is 19.4 Å². The Kier molecular flexibility index (Phi) is 6.02. The van der Waals surface area contributed by atoms with Gasteiger partial charge in [0.2, 0.25) is 0 Å². The van der Waals surface area contributed by atoms with Crippen molar-refractivity contribution in [2.75, 3.05) is 32.8 Å². The summed E-state index contributed by atoms with van der Waals surface area (Å²) in [6.45, 7) is 6.38. The average Bonchev–Trinajstić information content (AvgIpc) is 2.49. The van der Waals surface area contributed by atoms with Crippen LogP contribution < -0.4 is 4.74 Å². The Bertz CT molecular complexity index is 446. The summed E-state index contributed by atoms with van der Waals surface area (Å²) >= 11 is 0. The van der Waals surface area contributed by atoms with Crippen molar-refractivity contribution in [3.63, 3.8) is 0 Å². The second-order valence-corrected chi connectivity index (χ2v) is 5.26. The Hall–Kier alpha value is -1.59. The van der Waals surface area contributed by atoms with Crippen molar-refractivity contribution in [2.45, 2.75) is 25.9 Å². The van der Waals surface area contributed by atoms with Crippen LogP contribution in [0.1, 0.15) is 18.9 Å². The highest BCUT2D eigenvalue weighted by Gasteiger charge is 2.18. The molecule has 1 aromatic carbocycles. The van der Waals surface area contributed by atoms with Gasteiger partial charge in [0.15, 0.2) is 0 Å². The molecule has 116 valence electrons. The van der Waals surface area contributed by atoms with Gasteiger partial charge in [0.05, 0.1) is 19.1 Å². The maximum atomic E-state index is 10.6. The lowest BCUT2D eigenvalue weighted by atomic mass is 10.1. The summed E-state index contributed by atoms with van der Waals surface area (Å²) < 4.78 is 11.3. The van der Waals surface area contributed by atoms with Gasteiger partial charge in [-0.1, -0.05) is 19.1 Å². The van der Waals surface area contributed by atoms with Crippen LogP contribution >= 0.6 is 0 Å². The third kappa shape index (κ3) is 5.36. The molecule has 0 spiro atoms. The van der Waals surface area contributed by atoms with Gasteiger partial charge < -0.3 is 14.6 Å². The van der Waals surface area contributed by atoms with Crippen LogP contribution in [0, 0.1) is 0 Å². The van der Waals surface area contributed by atoms with Crippen molar-refractivity contribution in [3.8, 4) is 5.75 Å². The van der Waals surface area contributed by atoms with Crippen molar-refractivity contribution >= 4 is 5.97 Å². The minimum absolute atomic E-state index is 0.0481. The molecule has 1 aliphatic rings. The summed E-state index contributed by atoms with van der Waals surface area (Å²) in [6, 6.07) is 7.25. The van der Waals surface area contributed by atoms with E-state index in [1.54, 1.807) is 12.1 Å². The van der Waals surface area contributed by atoms with Crippen LogP contribution in [0.2, 0.25) is 0 Å². The number of morpholine rings is 1. The molecule has 0 aromatic heterocycles. The largest absolute Gasteiger partial charge is 0.492 e. The predicted molar refractivity (Wildman–Crippen MR) is 79.7 cm³/mol. The van der Waals surface area contributed by atoms with Gasteiger partial charge in [-0.25, -0.2) is 0 Å². The number of hydrogen-bond donors (Lipinski definition) is 1. The van der Waals surface area contributed by atoms with Gasteiger partial charge >= 0.3 is 5.97 Å². The fourth-order valence-corrected chi connectivity index (χ4v) is 2.40. The number of aliphatic carboxylic acids is 1. The van der Waals surface area contributed by atoms with Gasteiger partial charge in [-0.05, 0) is 24.1 Å². The summed E-state index contributed by atoms with van der Waals surface area (Å²) in [5.74, 6) is -0.0362. The van der Waals surface area contributed by atoms with Crippen LogP contribution in [0.15, 0.2) is 24.3 Å². The second kappa shape index (κ2) is 8.00. The zero-order valence-electron chi connectivity index (χ0n) is 12.5. The summed E-state index contributed by atoms with van der Waals surface area (Å²) in [7, 11) is 0. The van der Waals surface area contributed by atoms with E-state index in [-0.39, 0.29) is 6.42 Å². The number of benzene rings is 1. The summed E-state index contributed by atoms with van der Waals surface area (Å²) in [5.41, 5.74) is 0.786. The van der Waals surface area contributed by atoms with Crippen LogP contribution in [-0.4, -0.2) is 54.9 Å². The summed E-state index contributed by atoms with van der Waals surface area (Å²) in [6.07, 6.45) is 1.43. The van der Waals surface area contributed by atoms with E-state index in [0.717, 1.165) is 44.0 Å². The van der Waals surface area contributed by atoms with E-state index in [2.05, 4.69) is 11.8 Å². The van der Waals surface area contributed by atoms with Crippen molar-refractivity contribution in [2.24, 2.45) is 0 Å². The smallest absolute Gasteiger partial charge is 0.307 e. The third-order valence-corrected chi connectivity index (χ3v) is 3.63. The van der Waals surface area contributed by atoms with E-state index in [0.29, 0.717) is 12.7 Å². The third-order valence-electron chi connectivity index (χ3n) is 3.63. The number of hydrogen-bond acceptors (Lipinski definition) is 4. The molecule has 1 unspecified atom stereocenters. The Morgan fingerprint density at radius 2 is 2.19 bits per heavy atom. The van der Waals surface area contributed by atoms with Crippen LogP contribution in [0.4, 0.5) is 0 Å². The van der Waals surface area contributed by atoms with Crippen molar-refractivity contribution in [3.05, 3.63) is 29.8 Å². The van der Waals surface area contributed by atoms with E-state index in [9.17, 15) is 4.79 Å². The SMILES string of the molecule is CCC1CN(CCOc2ccc(CC(=O)O)cc2)CCO1. The van der Waals surface area contributed by atoms with Crippen LogP contribution in [0.3, 0.4) is 0 Å². The van der Waals surface area contributed by atoms with E-state index in [1.807, 2.05) is 12.1 Å². The van der Waals surface area contributed by atoms with Gasteiger partial charge in [-0.2, -0.15) is 0 Å². The first-order chi connectivity index (χ1) is 10.2. The Balaban J connectivity index is 1.71. The first-order valence-electron chi connectivity index (χ1n) is 7.45. The highest BCUT2D eigenvalue weighted by Crippen LogP contribution is 2.13. The van der Waals surface area contributed by atoms with Gasteiger partial charge in [0.25, 0.3) is 0 Å². The van der Waals surface area contributed by atoms with Gasteiger partial charge in [-0.15, -0.1) is 0 Å². The summed E-state index contributed by atoms with van der Waals surface area (Å²) in [5, 5.41) is 8.72. The molecule has 1 aliphatic heterocycles. The van der Waals surface area contributed by atoms with E-state index in [4.69, 9.17) is 14.6 Å². The van der Waals surface area contributed by atoms with Crippen molar-refractivity contribution in [1.82, 2.24) is 4.90 Å². The maximum Gasteiger partial charge on any atom is 0.307 e. The molecule has 1 atom stereocenters. The molecule has 0 radical (unpaired) electrons. The topological polar surface area (TPSA) is 59.0 Å². The fraction of sp³-hybridized carbons (Fsp3) is 0.562. The van der Waals surface area contributed by atoms with Gasteiger partial charge in [0.1, 0.15) is 12.4 Å². The van der Waals surface area contributed by atoms with Crippen LogP contribution in [0.25, 0.3) is 0 Å². The van der Waals surface area contributed by atoms with Crippen LogP contribution in [0.5, 0.6) is 5.75 Å². The molecule has 0 amide bonds. The Morgan fingerprint density at radius 3 is 2.86 bits per heavy atom. The molecule has 1 fully saturated rings. The lowest BCUT2D eigenvalue weighted by molar-refractivity contribution is -0.136. The molecular weight excluding hydrogens is 270 g/mol. The molecular formula is C16H23NO4. The zero-order chi connectivity index (χ0) is 15.1. The lowest BCUT2D eigenvalue weighted by Gasteiger charge is -2.32. The molecule has 0 bridgehead atoms. The molecule has 1 saturated heterocycles. The predicted octanol–water partition coefficient (Wildman–Crippen LogP) is 1.80. The maximum absolute atomic E-state index is 10.6. The minimum atomic E-state index is -0.818. The van der Waals surface area contributed by atoms with Crippen molar-refractivity contribution in [1.29, 1.82) is 0 Å². The fourth-order valence-electron chi connectivity index (χ4n) is 2.40. The molecule has 2 rings (SSSR count). The Labute approximate surface area is 125 Å². The zero-order valence-corrected chi connectivity index (χ0v) is 12.5. The minimum Gasteiger partial charge on any atom is -0.492 e. The standard InChI is InChI=1S/C16H23NO4/c1-2-14-12-17(7-9-20-14)8-10-21-15-5-3-13(4-6-15)11-16(18)19/h3-6,14H,2,7-12H2,1H3,(H,18,19). The molecule has 21 heavy (non-hydrogen) atoms. The molecule has 1 heterocycles. The summed E-state index contributed by atoms with van der Waals surface area (Å²) in [4.78, 5) is 13.0. The number of ether oxygens (including phenoxy) is 2. The highest BCUT2D eigenvalue weighted by atomic mass is 16.5. The van der Waals surface area contributed by atoms with Gasteiger partial charge in [0, 0.05) is 19.6 Å². The quantitative estimate of drug-likeness (QED) is 0.831. The lowest BCUT2D eigenvalue weighted by Crippen LogP contribution is -2.43. The number of carboxylic acid groups (broad SMARTS) is 1. The second-order valence-electron chi connectivity index (χ2n) is 5.26. The molecule has 1 aromatic rings. The average molecular weight is 293 g/mol.